The first kappa shape index (κ1) is 20.1. The molecule has 29 heavy (non-hydrogen) atoms. The Morgan fingerprint density at radius 2 is 1.62 bits per heavy atom. The normalized spacial score (nSPS) is 11.7. The van der Waals surface area contributed by atoms with E-state index in [1.54, 1.807) is 55.1 Å². The second-order valence-electron chi connectivity index (χ2n) is 6.58. The van der Waals surface area contributed by atoms with Crippen molar-refractivity contribution < 1.29 is 19.1 Å². The van der Waals surface area contributed by atoms with Gasteiger partial charge in [0.2, 0.25) is 5.78 Å². The van der Waals surface area contributed by atoms with Gasteiger partial charge in [0.15, 0.2) is 6.10 Å². The summed E-state index contributed by atoms with van der Waals surface area (Å²) < 4.78 is 13.4. The molecule has 0 bridgehead atoms. The summed E-state index contributed by atoms with van der Waals surface area (Å²) in [5, 5.41) is 0. The summed E-state index contributed by atoms with van der Waals surface area (Å²) in [6, 6.07) is 15.4. The first-order chi connectivity index (χ1) is 13.8. The average molecular weight is 394 g/mol. The monoisotopic (exact) mass is 394 g/mol. The zero-order valence-corrected chi connectivity index (χ0v) is 16.7. The molecule has 1 aromatic heterocycles. The number of nitrogens with zero attached hydrogens (tertiary/aromatic N) is 2. The molecule has 1 unspecified atom stereocenters. The van der Waals surface area contributed by atoms with Gasteiger partial charge in [-0.3, -0.25) is 14.3 Å². The largest absolute Gasteiger partial charge is 0.497 e. The van der Waals surface area contributed by atoms with Gasteiger partial charge in [0.25, 0.3) is 5.56 Å². The molecule has 0 aliphatic rings. The van der Waals surface area contributed by atoms with Crippen LogP contribution in [-0.4, -0.2) is 34.3 Å². The minimum absolute atomic E-state index is 0.00591. The molecule has 0 aliphatic carbocycles. The SMILES string of the molecule is COc1ccc(C(=O)OC(C)C(=O)c2c(C)n(C)n(-c3ccccc3)c2=O)cc1. The van der Waals surface area contributed by atoms with Crippen LogP contribution in [0.4, 0.5) is 0 Å². The van der Waals surface area contributed by atoms with E-state index in [4.69, 9.17) is 9.47 Å². The van der Waals surface area contributed by atoms with Crippen molar-refractivity contribution in [2.45, 2.75) is 20.0 Å². The maximum atomic E-state index is 13.0. The predicted octanol–water partition coefficient (Wildman–Crippen LogP) is 2.92. The van der Waals surface area contributed by atoms with Crippen LogP contribution in [0.5, 0.6) is 5.75 Å². The van der Waals surface area contributed by atoms with E-state index >= 15 is 0 Å². The summed E-state index contributed by atoms with van der Waals surface area (Å²) >= 11 is 0. The minimum Gasteiger partial charge on any atom is -0.497 e. The lowest BCUT2D eigenvalue weighted by molar-refractivity contribution is 0.0318. The molecular weight excluding hydrogens is 372 g/mol. The van der Waals surface area contributed by atoms with Crippen molar-refractivity contribution >= 4 is 11.8 Å². The predicted molar refractivity (Wildman–Crippen MR) is 108 cm³/mol. The highest BCUT2D eigenvalue weighted by Crippen LogP contribution is 2.16. The van der Waals surface area contributed by atoms with E-state index in [0.717, 1.165) is 0 Å². The van der Waals surface area contributed by atoms with E-state index in [1.807, 2.05) is 18.2 Å². The highest BCUT2D eigenvalue weighted by Gasteiger charge is 2.28. The molecule has 0 aliphatic heterocycles. The Morgan fingerprint density at radius 1 is 1.00 bits per heavy atom. The molecule has 3 rings (SSSR count). The third-order valence-corrected chi connectivity index (χ3v) is 4.78. The van der Waals surface area contributed by atoms with Crippen LogP contribution in [-0.2, 0) is 11.8 Å². The van der Waals surface area contributed by atoms with E-state index in [9.17, 15) is 14.4 Å². The fourth-order valence-corrected chi connectivity index (χ4v) is 3.06. The van der Waals surface area contributed by atoms with Gasteiger partial charge >= 0.3 is 5.97 Å². The van der Waals surface area contributed by atoms with Gasteiger partial charge in [-0.25, -0.2) is 9.48 Å². The molecule has 1 heterocycles. The molecular formula is C22H22N2O5. The third kappa shape index (κ3) is 3.85. The Kier molecular flexibility index (Phi) is 5.68. The van der Waals surface area contributed by atoms with Gasteiger partial charge in [-0.2, -0.15) is 0 Å². The molecule has 150 valence electrons. The van der Waals surface area contributed by atoms with Crippen LogP contribution in [0.25, 0.3) is 5.69 Å². The van der Waals surface area contributed by atoms with Crippen LogP contribution < -0.4 is 10.3 Å². The first-order valence-electron chi connectivity index (χ1n) is 9.08. The van der Waals surface area contributed by atoms with E-state index in [1.165, 1.54) is 18.7 Å². The van der Waals surface area contributed by atoms with Crippen LogP contribution in [0, 0.1) is 6.92 Å². The van der Waals surface area contributed by atoms with Gasteiger partial charge in [0, 0.05) is 12.7 Å². The quantitative estimate of drug-likeness (QED) is 0.474. The number of methoxy groups -OCH3 is 1. The van der Waals surface area contributed by atoms with Crippen molar-refractivity contribution in [3.8, 4) is 11.4 Å². The Morgan fingerprint density at radius 3 is 2.21 bits per heavy atom. The molecule has 0 saturated heterocycles. The molecule has 0 N–H and O–H groups in total. The standard InChI is InChI=1S/C22H22N2O5/c1-14-19(21(26)24(23(14)3)17-8-6-5-7-9-17)20(25)15(2)29-22(27)16-10-12-18(28-4)13-11-16/h5-13,15H,1-4H3. The molecule has 0 saturated carbocycles. The number of carbonyl (C=O) groups excluding carboxylic acids is 2. The number of ether oxygens (including phenoxy) is 2. The fraction of sp³-hybridized carbons (Fsp3) is 0.227. The number of benzene rings is 2. The lowest BCUT2D eigenvalue weighted by atomic mass is 10.1. The number of esters is 1. The van der Waals surface area contributed by atoms with Crippen LogP contribution in [0.1, 0.15) is 33.3 Å². The Hall–Kier alpha value is -3.61. The fourth-order valence-electron chi connectivity index (χ4n) is 3.06. The lowest BCUT2D eigenvalue weighted by Gasteiger charge is -2.12. The second kappa shape index (κ2) is 8.18. The average Bonchev–Trinajstić information content (AvgIpc) is 2.96. The number of para-hydroxylation sites is 1. The molecule has 2 aromatic carbocycles. The zero-order chi connectivity index (χ0) is 21.1. The van der Waals surface area contributed by atoms with Crippen molar-refractivity contribution in [3.63, 3.8) is 0 Å². The molecule has 0 radical (unpaired) electrons. The summed E-state index contributed by atoms with van der Waals surface area (Å²) in [6.07, 6.45) is -1.11. The molecule has 3 aromatic rings. The van der Waals surface area contributed by atoms with Gasteiger partial charge in [-0.05, 0) is 50.2 Å². The molecule has 0 fully saturated rings. The van der Waals surface area contributed by atoms with E-state index in [0.29, 0.717) is 17.1 Å². The number of ketones is 1. The summed E-state index contributed by atoms with van der Waals surface area (Å²) in [7, 11) is 3.23. The molecule has 7 heteroatoms. The lowest BCUT2D eigenvalue weighted by Crippen LogP contribution is -2.30. The molecule has 1 atom stereocenters. The molecule has 0 amide bonds. The number of hydrogen-bond donors (Lipinski definition) is 0. The van der Waals surface area contributed by atoms with E-state index < -0.39 is 23.4 Å². The summed E-state index contributed by atoms with van der Waals surface area (Å²) in [6.45, 7) is 3.15. The third-order valence-electron chi connectivity index (χ3n) is 4.78. The Balaban J connectivity index is 1.86. The second-order valence-corrected chi connectivity index (χ2v) is 6.58. The van der Waals surface area contributed by atoms with Crippen LogP contribution in [0.2, 0.25) is 0 Å². The van der Waals surface area contributed by atoms with Crippen molar-refractivity contribution in [2.75, 3.05) is 7.11 Å². The summed E-state index contributed by atoms with van der Waals surface area (Å²) in [4.78, 5) is 38.2. The topological polar surface area (TPSA) is 79.5 Å². The number of Topliss-reactive ketones (excluding diaryl/α,β-unsaturated/α-hetero) is 1. The van der Waals surface area contributed by atoms with Crippen molar-refractivity contribution in [3.05, 3.63) is 81.8 Å². The number of aromatic nitrogens is 2. The minimum atomic E-state index is -1.11. The van der Waals surface area contributed by atoms with Crippen molar-refractivity contribution in [2.24, 2.45) is 7.05 Å². The Bertz CT molecular complexity index is 1090. The zero-order valence-electron chi connectivity index (χ0n) is 16.7. The van der Waals surface area contributed by atoms with Crippen molar-refractivity contribution in [1.82, 2.24) is 9.36 Å². The highest BCUT2D eigenvalue weighted by atomic mass is 16.5. The van der Waals surface area contributed by atoms with Crippen LogP contribution in [0.3, 0.4) is 0 Å². The first-order valence-corrected chi connectivity index (χ1v) is 9.08. The van der Waals surface area contributed by atoms with Gasteiger partial charge in [-0.1, -0.05) is 18.2 Å². The Labute approximate surface area is 168 Å². The van der Waals surface area contributed by atoms with E-state index in [2.05, 4.69) is 0 Å². The summed E-state index contributed by atoms with van der Waals surface area (Å²) in [5.74, 6) is -0.586. The smallest absolute Gasteiger partial charge is 0.338 e. The van der Waals surface area contributed by atoms with Gasteiger partial charge in [0.1, 0.15) is 11.3 Å². The highest BCUT2D eigenvalue weighted by molar-refractivity contribution is 6.02. The maximum absolute atomic E-state index is 13.0. The number of hydrogen-bond acceptors (Lipinski definition) is 5. The van der Waals surface area contributed by atoms with Crippen molar-refractivity contribution in [1.29, 1.82) is 0 Å². The van der Waals surface area contributed by atoms with Crippen LogP contribution >= 0.6 is 0 Å². The van der Waals surface area contributed by atoms with E-state index in [-0.39, 0.29) is 11.1 Å². The number of rotatable bonds is 6. The summed E-state index contributed by atoms with van der Waals surface area (Å²) in [5.41, 5.74) is 0.984. The number of carbonyl (C=O) groups is 2. The maximum Gasteiger partial charge on any atom is 0.338 e. The van der Waals surface area contributed by atoms with Gasteiger partial charge in [-0.15, -0.1) is 0 Å². The van der Waals surface area contributed by atoms with Crippen LogP contribution in [0.15, 0.2) is 59.4 Å². The molecule has 0 spiro atoms. The molecule has 7 nitrogen and oxygen atoms in total. The van der Waals surface area contributed by atoms with Gasteiger partial charge in [0.05, 0.1) is 18.4 Å². The van der Waals surface area contributed by atoms with Gasteiger partial charge < -0.3 is 9.47 Å².